The van der Waals surface area contributed by atoms with Crippen LogP contribution in [0.15, 0.2) is 65.1 Å². The zero-order valence-electron chi connectivity index (χ0n) is 16.1. The van der Waals surface area contributed by atoms with Gasteiger partial charge in [-0.15, -0.1) is 0 Å². The molecular weight excluding hydrogens is 428 g/mol. The van der Waals surface area contributed by atoms with E-state index in [2.05, 4.69) is 5.32 Å². The van der Waals surface area contributed by atoms with Crippen molar-refractivity contribution in [3.8, 4) is 17.1 Å². The number of benzene rings is 2. The SMILES string of the molecule is O=C(COC(=O)COc1ccccc1[N+](=O)[O-])NCc1ccc(-c2ccc(Cl)cc2)o1. The first-order chi connectivity index (χ1) is 14.9. The van der Waals surface area contributed by atoms with Crippen molar-refractivity contribution < 1.29 is 28.4 Å². The summed E-state index contributed by atoms with van der Waals surface area (Å²) in [4.78, 5) is 33.9. The first-order valence-corrected chi connectivity index (χ1v) is 9.43. The van der Waals surface area contributed by atoms with Gasteiger partial charge in [-0.1, -0.05) is 23.7 Å². The number of rotatable bonds is 9. The van der Waals surface area contributed by atoms with Crippen LogP contribution in [-0.2, 0) is 20.9 Å². The van der Waals surface area contributed by atoms with E-state index in [9.17, 15) is 19.7 Å². The van der Waals surface area contributed by atoms with Gasteiger partial charge in [0, 0.05) is 16.7 Å². The smallest absolute Gasteiger partial charge is 0.344 e. The minimum absolute atomic E-state index is 0.0665. The van der Waals surface area contributed by atoms with Gasteiger partial charge in [0.15, 0.2) is 19.0 Å². The zero-order chi connectivity index (χ0) is 22.2. The maximum atomic E-state index is 11.9. The topological polar surface area (TPSA) is 121 Å². The summed E-state index contributed by atoms with van der Waals surface area (Å²) in [5.74, 6) is -0.299. The number of ether oxygens (including phenoxy) is 2. The molecule has 0 unspecified atom stereocenters. The number of hydrogen-bond acceptors (Lipinski definition) is 7. The van der Waals surface area contributed by atoms with Gasteiger partial charge in [0.25, 0.3) is 5.91 Å². The van der Waals surface area contributed by atoms with Crippen LogP contribution in [0.4, 0.5) is 5.69 Å². The monoisotopic (exact) mass is 444 g/mol. The second-order valence-electron chi connectivity index (χ2n) is 6.22. The van der Waals surface area contributed by atoms with Gasteiger partial charge in [-0.05, 0) is 42.5 Å². The molecule has 0 aliphatic rings. The van der Waals surface area contributed by atoms with Gasteiger partial charge >= 0.3 is 11.7 Å². The maximum Gasteiger partial charge on any atom is 0.344 e. The van der Waals surface area contributed by atoms with Gasteiger partial charge < -0.3 is 19.2 Å². The number of amides is 1. The summed E-state index contributed by atoms with van der Waals surface area (Å²) in [6.07, 6.45) is 0. The number of para-hydroxylation sites is 2. The lowest BCUT2D eigenvalue weighted by Gasteiger charge is -2.07. The fraction of sp³-hybridized carbons (Fsp3) is 0.143. The molecule has 31 heavy (non-hydrogen) atoms. The molecule has 0 radical (unpaired) electrons. The average Bonchev–Trinajstić information content (AvgIpc) is 3.24. The van der Waals surface area contributed by atoms with Crippen molar-refractivity contribution in [2.75, 3.05) is 13.2 Å². The van der Waals surface area contributed by atoms with Crippen LogP contribution >= 0.6 is 11.6 Å². The third kappa shape index (κ3) is 6.31. The molecule has 1 amide bonds. The normalized spacial score (nSPS) is 10.4. The van der Waals surface area contributed by atoms with Crippen LogP contribution in [0.2, 0.25) is 5.02 Å². The van der Waals surface area contributed by atoms with Crippen molar-refractivity contribution in [2.24, 2.45) is 0 Å². The molecule has 160 valence electrons. The minimum atomic E-state index is -0.837. The number of nitrogens with one attached hydrogen (secondary N) is 1. The molecule has 0 aliphatic heterocycles. The number of carbonyl (C=O) groups excluding carboxylic acids is 2. The number of carbonyl (C=O) groups is 2. The molecule has 1 N–H and O–H groups in total. The minimum Gasteiger partial charge on any atom is -0.475 e. The van der Waals surface area contributed by atoms with Gasteiger partial charge in [-0.3, -0.25) is 14.9 Å². The molecule has 0 saturated heterocycles. The third-order valence-electron chi connectivity index (χ3n) is 4.02. The fourth-order valence-corrected chi connectivity index (χ4v) is 2.66. The number of furan rings is 1. The van der Waals surface area contributed by atoms with Crippen LogP contribution in [0.5, 0.6) is 5.75 Å². The van der Waals surface area contributed by atoms with Crippen molar-refractivity contribution in [3.05, 3.63) is 81.6 Å². The standard InChI is InChI=1S/C21H17ClN2O7/c22-15-7-5-14(6-8-15)18-10-9-16(31-18)11-23-20(25)12-30-21(26)13-29-19-4-2-1-3-17(19)24(27)28/h1-10H,11-13H2,(H,23,25). The van der Waals surface area contributed by atoms with Crippen LogP contribution in [-0.4, -0.2) is 30.0 Å². The van der Waals surface area contributed by atoms with Crippen molar-refractivity contribution >= 4 is 29.2 Å². The quantitative estimate of drug-likeness (QED) is 0.303. The van der Waals surface area contributed by atoms with Crippen LogP contribution in [0, 0.1) is 10.1 Å². The zero-order valence-corrected chi connectivity index (χ0v) is 16.8. The molecule has 0 spiro atoms. The van der Waals surface area contributed by atoms with Gasteiger partial charge in [0.2, 0.25) is 0 Å². The van der Waals surface area contributed by atoms with Gasteiger partial charge in [0.1, 0.15) is 11.5 Å². The van der Waals surface area contributed by atoms with E-state index in [4.69, 9.17) is 25.5 Å². The summed E-state index contributed by atoms with van der Waals surface area (Å²) < 4.78 is 15.6. The van der Waals surface area contributed by atoms with Gasteiger partial charge in [-0.2, -0.15) is 0 Å². The average molecular weight is 445 g/mol. The summed E-state index contributed by atoms with van der Waals surface area (Å²) in [5.41, 5.74) is 0.569. The van der Waals surface area contributed by atoms with Crippen molar-refractivity contribution in [3.63, 3.8) is 0 Å². The molecule has 0 bridgehead atoms. The lowest BCUT2D eigenvalue weighted by molar-refractivity contribution is -0.385. The summed E-state index contributed by atoms with van der Waals surface area (Å²) in [6.45, 7) is -0.985. The largest absolute Gasteiger partial charge is 0.475 e. The highest BCUT2D eigenvalue weighted by molar-refractivity contribution is 6.30. The van der Waals surface area contributed by atoms with E-state index in [1.54, 1.807) is 24.3 Å². The van der Waals surface area contributed by atoms with Crippen LogP contribution in [0.1, 0.15) is 5.76 Å². The Balaban J connectivity index is 1.41. The van der Waals surface area contributed by atoms with Crippen molar-refractivity contribution in [2.45, 2.75) is 6.54 Å². The molecule has 0 aliphatic carbocycles. The second kappa shape index (κ2) is 10.3. The summed E-state index contributed by atoms with van der Waals surface area (Å²) >= 11 is 5.86. The molecule has 2 aromatic carbocycles. The lowest BCUT2D eigenvalue weighted by atomic mass is 10.2. The fourth-order valence-electron chi connectivity index (χ4n) is 2.53. The number of nitro benzene ring substituents is 1. The van der Waals surface area contributed by atoms with Gasteiger partial charge in [-0.25, -0.2) is 4.79 Å². The lowest BCUT2D eigenvalue weighted by Crippen LogP contribution is -2.29. The first kappa shape index (κ1) is 21.8. The molecule has 3 rings (SSSR count). The molecule has 1 heterocycles. The maximum absolute atomic E-state index is 11.9. The molecule has 10 heteroatoms. The third-order valence-corrected chi connectivity index (χ3v) is 4.27. The predicted molar refractivity (Wildman–Crippen MR) is 111 cm³/mol. The molecule has 9 nitrogen and oxygen atoms in total. The molecule has 0 fully saturated rings. The highest BCUT2D eigenvalue weighted by Gasteiger charge is 2.16. The first-order valence-electron chi connectivity index (χ1n) is 9.05. The number of nitro groups is 1. The van der Waals surface area contributed by atoms with E-state index in [1.165, 1.54) is 24.3 Å². The highest BCUT2D eigenvalue weighted by Crippen LogP contribution is 2.26. The Morgan fingerprint density at radius 1 is 1.03 bits per heavy atom. The van der Waals surface area contributed by atoms with Crippen LogP contribution in [0.25, 0.3) is 11.3 Å². The van der Waals surface area contributed by atoms with Crippen molar-refractivity contribution in [1.29, 1.82) is 0 Å². The Morgan fingerprint density at radius 2 is 1.77 bits per heavy atom. The Morgan fingerprint density at radius 3 is 2.52 bits per heavy atom. The van der Waals surface area contributed by atoms with E-state index in [1.807, 2.05) is 12.1 Å². The van der Waals surface area contributed by atoms with E-state index in [0.29, 0.717) is 16.5 Å². The van der Waals surface area contributed by atoms with Crippen LogP contribution in [0.3, 0.4) is 0 Å². The Bertz CT molecular complexity index is 1080. The van der Waals surface area contributed by atoms with Gasteiger partial charge in [0.05, 0.1) is 11.5 Å². The number of nitrogens with zero attached hydrogens (tertiary/aromatic N) is 1. The number of halogens is 1. The molecular formula is C21H17ClN2O7. The highest BCUT2D eigenvalue weighted by atomic mass is 35.5. The second-order valence-corrected chi connectivity index (χ2v) is 6.66. The summed E-state index contributed by atoms with van der Waals surface area (Å²) in [6, 6.07) is 16.2. The number of hydrogen-bond donors (Lipinski definition) is 1. The Kier molecular flexibility index (Phi) is 7.23. The number of esters is 1. The van der Waals surface area contributed by atoms with E-state index in [-0.39, 0.29) is 18.0 Å². The summed E-state index contributed by atoms with van der Waals surface area (Å²) in [7, 11) is 0. The Hall–Kier alpha value is -3.85. The predicted octanol–water partition coefficient (Wildman–Crippen LogP) is 3.75. The van der Waals surface area contributed by atoms with Crippen molar-refractivity contribution in [1.82, 2.24) is 5.32 Å². The summed E-state index contributed by atoms with van der Waals surface area (Å²) in [5, 5.41) is 14.1. The van der Waals surface area contributed by atoms with E-state index < -0.39 is 30.0 Å². The molecule has 3 aromatic rings. The van der Waals surface area contributed by atoms with E-state index >= 15 is 0 Å². The van der Waals surface area contributed by atoms with Crippen LogP contribution < -0.4 is 10.1 Å². The molecule has 1 aromatic heterocycles. The van der Waals surface area contributed by atoms with E-state index in [0.717, 1.165) is 5.56 Å². The molecule has 0 atom stereocenters. The molecule has 0 saturated carbocycles. The Labute approximate surface area is 181 Å².